The van der Waals surface area contributed by atoms with Gasteiger partial charge in [-0.3, -0.25) is 4.79 Å². The summed E-state index contributed by atoms with van der Waals surface area (Å²) in [7, 11) is 1.54. The van der Waals surface area contributed by atoms with Crippen LogP contribution in [0.2, 0.25) is 0 Å². The van der Waals surface area contributed by atoms with Crippen LogP contribution in [0.15, 0.2) is 73.4 Å². The maximum Gasteiger partial charge on any atom is 0.282 e. The van der Waals surface area contributed by atoms with Crippen molar-refractivity contribution < 1.29 is 13.9 Å². The molecule has 3 aromatic carbocycles. The molecular formula is C27H24Br2FN3O3. The molecule has 0 fully saturated rings. The average molecular weight is 617 g/mol. The Morgan fingerprint density at radius 3 is 2.69 bits per heavy atom. The molecule has 1 heterocycles. The van der Waals surface area contributed by atoms with Gasteiger partial charge in [0.2, 0.25) is 0 Å². The molecular weight excluding hydrogens is 593 g/mol. The number of nitrogens with zero attached hydrogens (tertiary/aromatic N) is 3. The molecule has 1 aromatic heterocycles. The van der Waals surface area contributed by atoms with Crippen LogP contribution < -0.4 is 15.0 Å². The van der Waals surface area contributed by atoms with Crippen LogP contribution in [0.5, 0.6) is 11.5 Å². The lowest BCUT2D eigenvalue weighted by Crippen LogP contribution is -2.22. The number of ether oxygens (including phenoxy) is 2. The number of hydrogen-bond donors (Lipinski definition) is 0. The Bertz CT molecular complexity index is 1490. The summed E-state index contributed by atoms with van der Waals surface area (Å²) in [5.74, 6) is 1.14. The van der Waals surface area contributed by atoms with E-state index in [-0.39, 0.29) is 18.0 Å². The van der Waals surface area contributed by atoms with Crippen LogP contribution in [0.1, 0.15) is 36.7 Å². The molecule has 6 nitrogen and oxygen atoms in total. The summed E-state index contributed by atoms with van der Waals surface area (Å²) >= 11 is 6.92. The molecule has 0 saturated carbocycles. The van der Waals surface area contributed by atoms with Gasteiger partial charge in [0.1, 0.15) is 18.2 Å². The largest absolute Gasteiger partial charge is 0.493 e. The number of aryl methyl sites for hydroxylation is 1. The van der Waals surface area contributed by atoms with Crippen molar-refractivity contribution in [3.8, 4) is 11.5 Å². The highest BCUT2D eigenvalue weighted by molar-refractivity contribution is 9.10. The summed E-state index contributed by atoms with van der Waals surface area (Å²) in [6.07, 6.45) is 3.99. The standard InChI is InChI=1S/C27H24Br2FN3O3/c1-3-4-8-25-32-23-10-9-19(28)13-22(23)27(34)33(25)31-15-18-12-20(29)14-24(35-2)26(18)36-16-17-6-5-7-21(30)11-17/h5-7,9-15H,3-4,8,16H2,1-2H3. The molecule has 0 bridgehead atoms. The maximum absolute atomic E-state index is 13.6. The Hall–Kier alpha value is -3.04. The van der Waals surface area contributed by atoms with Gasteiger partial charge in [-0.1, -0.05) is 57.3 Å². The molecule has 0 atom stereocenters. The second-order valence-corrected chi connectivity index (χ2v) is 9.93. The monoisotopic (exact) mass is 615 g/mol. The van der Waals surface area contributed by atoms with E-state index >= 15 is 0 Å². The zero-order valence-electron chi connectivity index (χ0n) is 19.8. The Morgan fingerprint density at radius 2 is 1.94 bits per heavy atom. The number of halogens is 3. The molecule has 0 aliphatic heterocycles. The highest BCUT2D eigenvalue weighted by Gasteiger charge is 2.14. The van der Waals surface area contributed by atoms with E-state index in [2.05, 4.69) is 43.9 Å². The lowest BCUT2D eigenvalue weighted by molar-refractivity contribution is 0.283. The summed E-state index contributed by atoms with van der Waals surface area (Å²) in [6.45, 7) is 2.21. The van der Waals surface area contributed by atoms with Crippen molar-refractivity contribution in [3.05, 3.63) is 96.7 Å². The normalized spacial score (nSPS) is 11.4. The number of aromatic nitrogens is 2. The third-order valence-electron chi connectivity index (χ3n) is 5.48. The fourth-order valence-electron chi connectivity index (χ4n) is 3.70. The minimum absolute atomic E-state index is 0.129. The van der Waals surface area contributed by atoms with Gasteiger partial charge in [0.25, 0.3) is 5.56 Å². The zero-order chi connectivity index (χ0) is 25.7. The van der Waals surface area contributed by atoms with Gasteiger partial charge in [0.05, 0.1) is 24.2 Å². The lowest BCUT2D eigenvalue weighted by Gasteiger charge is -2.14. The molecule has 4 rings (SSSR count). The summed E-state index contributed by atoms with van der Waals surface area (Å²) < 4.78 is 28.1. The van der Waals surface area contributed by atoms with Crippen LogP contribution in [0.25, 0.3) is 10.9 Å². The highest BCUT2D eigenvalue weighted by Crippen LogP contribution is 2.34. The van der Waals surface area contributed by atoms with Gasteiger partial charge in [0, 0.05) is 20.9 Å². The van der Waals surface area contributed by atoms with Crippen molar-refractivity contribution in [2.45, 2.75) is 32.8 Å². The van der Waals surface area contributed by atoms with E-state index in [0.717, 1.165) is 21.8 Å². The van der Waals surface area contributed by atoms with Crippen LogP contribution in [0.4, 0.5) is 4.39 Å². The molecule has 0 aliphatic carbocycles. The van der Waals surface area contributed by atoms with E-state index in [9.17, 15) is 9.18 Å². The van der Waals surface area contributed by atoms with Crippen molar-refractivity contribution in [3.63, 3.8) is 0 Å². The van der Waals surface area contributed by atoms with Crippen molar-refractivity contribution >= 4 is 49.0 Å². The predicted octanol–water partition coefficient (Wildman–Crippen LogP) is 6.87. The third-order valence-corrected chi connectivity index (χ3v) is 6.43. The molecule has 9 heteroatoms. The van der Waals surface area contributed by atoms with Gasteiger partial charge in [-0.25, -0.2) is 9.37 Å². The van der Waals surface area contributed by atoms with Crippen LogP contribution in [0, 0.1) is 5.82 Å². The van der Waals surface area contributed by atoms with Crippen molar-refractivity contribution in [2.24, 2.45) is 5.10 Å². The maximum atomic E-state index is 13.6. The molecule has 186 valence electrons. The fraction of sp³-hybridized carbons (Fsp3) is 0.222. The number of rotatable bonds is 9. The Kier molecular flexibility index (Phi) is 8.53. The second kappa shape index (κ2) is 11.8. The van der Waals surface area contributed by atoms with Crippen LogP contribution >= 0.6 is 31.9 Å². The number of unbranched alkanes of at least 4 members (excludes halogenated alkanes) is 1. The Labute approximate surface area is 225 Å². The summed E-state index contributed by atoms with van der Waals surface area (Å²) in [4.78, 5) is 18.1. The molecule has 4 aromatic rings. The average Bonchev–Trinajstić information content (AvgIpc) is 2.86. The van der Waals surface area contributed by atoms with Gasteiger partial charge < -0.3 is 9.47 Å². The SMILES string of the molecule is CCCCc1nc2ccc(Br)cc2c(=O)n1N=Cc1cc(Br)cc(OC)c1OCc1cccc(F)c1. The highest BCUT2D eigenvalue weighted by atomic mass is 79.9. The summed E-state index contributed by atoms with van der Waals surface area (Å²) in [6, 6.07) is 15.2. The van der Waals surface area contributed by atoms with E-state index in [1.54, 1.807) is 30.5 Å². The number of benzene rings is 3. The first-order valence-electron chi connectivity index (χ1n) is 11.4. The minimum Gasteiger partial charge on any atom is -0.493 e. The molecule has 0 amide bonds. The van der Waals surface area contributed by atoms with Crippen LogP contribution in [0.3, 0.4) is 0 Å². The first-order chi connectivity index (χ1) is 17.4. The molecule has 0 aliphatic rings. The van der Waals surface area contributed by atoms with E-state index in [1.807, 2.05) is 18.2 Å². The van der Waals surface area contributed by atoms with E-state index < -0.39 is 0 Å². The minimum atomic E-state index is -0.338. The first kappa shape index (κ1) is 26.0. The van der Waals surface area contributed by atoms with E-state index in [4.69, 9.17) is 14.5 Å². The Morgan fingerprint density at radius 1 is 1.11 bits per heavy atom. The molecule has 0 radical (unpaired) electrons. The lowest BCUT2D eigenvalue weighted by atomic mass is 10.2. The number of fused-ring (bicyclic) bond motifs is 1. The number of hydrogen-bond acceptors (Lipinski definition) is 5. The molecule has 0 unspecified atom stereocenters. The topological polar surface area (TPSA) is 65.7 Å². The quantitative estimate of drug-likeness (QED) is 0.192. The smallest absolute Gasteiger partial charge is 0.282 e. The van der Waals surface area contributed by atoms with E-state index in [1.165, 1.54) is 23.9 Å². The second-order valence-electron chi connectivity index (χ2n) is 8.10. The van der Waals surface area contributed by atoms with Gasteiger partial charge in [-0.2, -0.15) is 9.78 Å². The number of methoxy groups -OCH3 is 1. The van der Waals surface area contributed by atoms with Crippen molar-refractivity contribution in [2.75, 3.05) is 7.11 Å². The van der Waals surface area contributed by atoms with Gasteiger partial charge in [0.15, 0.2) is 11.5 Å². The van der Waals surface area contributed by atoms with Crippen molar-refractivity contribution in [1.29, 1.82) is 0 Å². The van der Waals surface area contributed by atoms with E-state index in [0.29, 0.717) is 45.8 Å². The van der Waals surface area contributed by atoms with Gasteiger partial charge in [-0.15, -0.1) is 0 Å². The van der Waals surface area contributed by atoms with Gasteiger partial charge >= 0.3 is 0 Å². The first-order valence-corrected chi connectivity index (χ1v) is 13.0. The fourth-order valence-corrected chi connectivity index (χ4v) is 4.52. The molecule has 0 saturated heterocycles. The third kappa shape index (κ3) is 6.02. The van der Waals surface area contributed by atoms with Crippen LogP contribution in [-0.4, -0.2) is 23.0 Å². The summed E-state index contributed by atoms with van der Waals surface area (Å²) in [5.41, 5.74) is 1.63. The zero-order valence-corrected chi connectivity index (χ0v) is 23.0. The summed E-state index contributed by atoms with van der Waals surface area (Å²) in [5, 5.41) is 5.01. The van der Waals surface area contributed by atoms with Crippen LogP contribution in [-0.2, 0) is 13.0 Å². The molecule has 36 heavy (non-hydrogen) atoms. The van der Waals surface area contributed by atoms with Crippen molar-refractivity contribution in [1.82, 2.24) is 9.66 Å². The molecule has 0 spiro atoms. The Balaban J connectivity index is 1.78. The molecule has 0 N–H and O–H groups in total. The van der Waals surface area contributed by atoms with Gasteiger partial charge in [-0.05, 0) is 54.4 Å². The predicted molar refractivity (Wildman–Crippen MR) is 147 cm³/mol.